The van der Waals surface area contributed by atoms with Gasteiger partial charge in [-0.05, 0) is 43.7 Å². The first-order valence-corrected chi connectivity index (χ1v) is 6.79. The van der Waals surface area contributed by atoms with Crippen molar-refractivity contribution in [3.05, 3.63) is 51.8 Å². The number of anilines is 1. The molecule has 0 radical (unpaired) electrons. The summed E-state index contributed by atoms with van der Waals surface area (Å²) in [6.45, 7) is 4.41. The molecule has 1 aromatic carbocycles. The molecule has 0 atom stereocenters. The smallest absolute Gasteiger partial charge is 0.381 e. The van der Waals surface area contributed by atoms with Crippen LogP contribution in [-0.4, -0.2) is 4.57 Å². The van der Waals surface area contributed by atoms with Crippen LogP contribution in [0.1, 0.15) is 22.5 Å². The molecule has 0 aliphatic heterocycles. The Balaban J connectivity index is 2.20. The van der Waals surface area contributed by atoms with Gasteiger partial charge in [0.05, 0.1) is 5.56 Å². The number of benzene rings is 1. The quantitative estimate of drug-likeness (QED) is 0.850. The lowest BCUT2D eigenvalue weighted by Crippen LogP contribution is -2.07. The van der Waals surface area contributed by atoms with Crippen LogP contribution in [0.5, 0.6) is 0 Å². The molecule has 0 amide bonds. The number of aryl methyl sites for hydroxylation is 1. The van der Waals surface area contributed by atoms with E-state index in [-0.39, 0.29) is 5.02 Å². The molecule has 0 aliphatic rings. The molecule has 0 unspecified atom stereocenters. The third kappa shape index (κ3) is 3.53. The molecule has 6 heteroatoms. The van der Waals surface area contributed by atoms with E-state index < -0.39 is 11.7 Å². The fraction of sp³-hybridized carbons (Fsp3) is 0.333. The monoisotopic (exact) mass is 316 g/mol. The van der Waals surface area contributed by atoms with Crippen molar-refractivity contribution in [2.45, 2.75) is 26.6 Å². The third-order valence-corrected chi connectivity index (χ3v) is 3.81. The molecule has 0 saturated carbocycles. The van der Waals surface area contributed by atoms with Crippen LogP contribution >= 0.6 is 11.6 Å². The van der Waals surface area contributed by atoms with Crippen LogP contribution < -0.4 is 5.32 Å². The van der Waals surface area contributed by atoms with E-state index in [1.807, 2.05) is 31.5 Å². The standard InChI is InChI=1S/C15H16ClF3N2/c1-9-4-11(10(2)21(9)3)8-20-14-6-12(15(17,18)19)5-13(16)7-14/h4-7,20H,8H2,1-3H3. The van der Waals surface area contributed by atoms with Gasteiger partial charge < -0.3 is 9.88 Å². The number of rotatable bonds is 3. The Morgan fingerprint density at radius 2 is 1.81 bits per heavy atom. The summed E-state index contributed by atoms with van der Waals surface area (Å²) in [6.07, 6.45) is -4.40. The minimum absolute atomic E-state index is 0.0632. The van der Waals surface area contributed by atoms with E-state index in [1.54, 1.807) is 0 Å². The summed E-state index contributed by atoms with van der Waals surface area (Å²) in [5.74, 6) is 0. The van der Waals surface area contributed by atoms with Gasteiger partial charge in [-0.15, -0.1) is 0 Å². The molecule has 0 spiro atoms. The van der Waals surface area contributed by atoms with Crippen LogP contribution in [0.3, 0.4) is 0 Å². The second-order valence-electron chi connectivity index (χ2n) is 5.04. The molecule has 2 rings (SSSR count). The Morgan fingerprint density at radius 3 is 2.33 bits per heavy atom. The third-order valence-electron chi connectivity index (χ3n) is 3.59. The highest BCUT2D eigenvalue weighted by Crippen LogP contribution is 2.33. The summed E-state index contributed by atoms with van der Waals surface area (Å²) in [6, 6.07) is 5.49. The van der Waals surface area contributed by atoms with Crippen molar-refractivity contribution in [1.82, 2.24) is 4.57 Å². The summed E-state index contributed by atoms with van der Waals surface area (Å²) in [7, 11) is 1.95. The first-order chi connectivity index (χ1) is 9.68. The fourth-order valence-corrected chi connectivity index (χ4v) is 2.40. The van der Waals surface area contributed by atoms with E-state index in [9.17, 15) is 13.2 Å². The molecule has 0 saturated heterocycles. The van der Waals surface area contributed by atoms with Gasteiger partial charge in [-0.1, -0.05) is 11.6 Å². The van der Waals surface area contributed by atoms with Gasteiger partial charge in [-0.2, -0.15) is 13.2 Å². The number of hydrogen-bond donors (Lipinski definition) is 1. The normalized spacial score (nSPS) is 11.8. The van der Waals surface area contributed by atoms with Gasteiger partial charge in [0.15, 0.2) is 0 Å². The average Bonchev–Trinajstić information content (AvgIpc) is 2.62. The maximum Gasteiger partial charge on any atom is 0.416 e. The van der Waals surface area contributed by atoms with E-state index >= 15 is 0 Å². The van der Waals surface area contributed by atoms with E-state index in [1.165, 1.54) is 6.07 Å². The van der Waals surface area contributed by atoms with Gasteiger partial charge in [-0.25, -0.2) is 0 Å². The SMILES string of the molecule is Cc1cc(CNc2cc(Cl)cc(C(F)(F)F)c2)c(C)n1C. The molecule has 21 heavy (non-hydrogen) atoms. The minimum Gasteiger partial charge on any atom is -0.381 e. The van der Waals surface area contributed by atoms with Gasteiger partial charge in [0.1, 0.15) is 0 Å². The maximum absolute atomic E-state index is 12.7. The zero-order valence-corrected chi connectivity index (χ0v) is 12.7. The second-order valence-corrected chi connectivity index (χ2v) is 5.47. The lowest BCUT2D eigenvalue weighted by molar-refractivity contribution is -0.137. The van der Waals surface area contributed by atoms with E-state index in [2.05, 4.69) is 5.32 Å². The summed E-state index contributed by atoms with van der Waals surface area (Å²) >= 11 is 5.75. The predicted molar refractivity (Wildman–Crippen MR) is 78.7 cm³/mol. The Morgan fingerprint density at radius 1 is 1.14 bits per heavy atom. The van der Waals surface area contributed by atoms with Crippen LogP contribution in [0.25, 0.3) is 0 Å². The molecule has 2 aromatic rings. The average molecular weight is 317 g/mol. The van der Waals surface area contributed by atoms with E-state index in [4.69, 9.17) is 11.6 Å². The van der Waals surface area contributed by atoms with Gasteiger partial charge in [0, 0.05) is 35.7 Å². The van der Waals surface area contributed by atoms with Crippen LogP contribution in [0.4, 0.5) is 18.9 Å². The largest absolute Gasteiger partial charge is 0.416 e. The summed E-state index contributed by atoms with van der Waals surface area (Å²) < 4.78 is 40.3. The number of nitrogens with zero attached hydrogens (tertiary/aromatic N) is 1. The van der Waals surface area contributed by atoms with Crippen molar-refractivity contribution in [2.24, 2.45) is 7.05 Å². The molecule has 2 nitrogen and oxygen atoms in total. The molecule has 1 aromatic heterocycles. The van der Waals surface area contributed by atoms with Crippen LogP contribution in [0.2, 0.25) is 5.02 Å². The molecule has 1 heterocycles. The lowest BCUT2D eigenvalue weighted by atomic mass is 10.2. The summed E-state index contributed by atoms with van der Waals surface area (Å²) in [5.41, 5.74) is 2.84. The molecule has 1 N–H and O–H groups in total. The Labute approximate surface area is 126 Å². The first kappa shape index (κ1) is 15.8. The molecule has 0 aliphatic carbocycles. The maximum atomic E-state index is 12.7. The fourth-order valence-electron chi connectivity index (χ4n) is 2.16. The Hall–Kier alpha value is -1.62. The topological polar surface area (TPSA) is 17.0 Å². The van der Waals surface area contributed by atoms with Gasteiger partial charge in [-0.3, -0.25) is 0 Å². The highest BCUT2D eigenvalue weighted by atomic mass is 35.5. The lowest BCUT2D eigenvalue weighted by Gasteiger charge is -2.12. The van der Waals surface area contributed by atoms with Crippen molar-refractivity contribution in [1.29, 1.82) is 0 Å². The van der Waals surface area contributed by atoms with Crippen molar-refractivity contribution in [3.63, 3.8) is 0 Å². The van der Waals surface area contributed by atoms with Crippen LogP contribution in [0, 0.1) is 13.8 Å². The van der Waals surface area contributed by atoms with Gasteiger partial charge in [0.2, 0.25) is 0 Å². The van der Waals surface area contributed by atoms with Crippen molar-refractivity contribution >= 4 is 17.3 Å². The van der Waals surface area contributed by atoms with Crippen molar-refractivity contribution in [2.75, 3.05) is 5.32 Å². The van der Waals surface area contributed by atoms with E-state index in [0.717, 1.165) is 29.1 Å². The Kier molecular flexibility index (Phi) is 4.23. The van der Waals surface area contributed by atoms with E-state index in [0.29, 0.717) is 12.2 Å². The van der Waals surface area contributed by atoms with Crippen molar-refractivity contribution < 1.29 is 13.2 Å². The summed E-state index contributed by atoms with van der Waals surface area (Å²) in [5, 5.41) is 3.06. The van der Waals surface area contributed by atoms with Crippen LogP contribution in [-0.2, 0) is 19.8 Å². The summed E-state index contributed by atoms with van der Waals surface area (Å²) in [4.78, 5) is 0. The Bertz CT molecular complexity index is 660. The molecular formula is C15H16ClF3N2. The minimum atomic E-state index is -4.40. The molecular weight excluding hydrogens is 301 g/mol. The van der Waals surface area contributed by atoms with Gasteiger partial charge >= 0.3 is 6.18 Å². The van der Waals surface area contributed by atoms with Crippen molar-refractivity contribution in [3.8, 4) is 0 Å². The molecule has 0 fully saturated rings. The highest BCUT2D eigenvalue weighted by Gasteiger charge is 2.31. The van der Waals surface area contributed by atoms with Gasteiger partial charge in [0.25, 0.3) is 0 Å². The number of nitrogens with one attached hydrogen (secondary N) is 1. The van der Waals surface area contributed by atoms with Crippen LogP contribution in [0.15, 0.2) is 24.3 Å². The first-order valence-electron chi connectivity index (χ1n) is 6.42. The number of hydrogen-bond acceptors (Lipinski definition) is 1. The number of aromatic nitrogens is 1. The zero-order chi connectivity index (χ0) is 15.8. The number of alkyl halides is 3. The second kappa shape index (κ2) is 5.64. The predicted octanol–water partition coefficient (Wildman–Crippen LogP) is 4.93. The zero-order valence-electron chi connectivity index (χ0n) is 12.0. The number of halogens is 4. The molecule has 0 bridgehead atoms. The molecule has 114 valence electrons. The highest BCUT2D eigenvalue weighted by molar-refractivity contribution is 6.30.